The van der Waals surface area contributed by atoms with Gasteiger partial charge in [0, 0.05) is 0 Å². The summed E-state index contributed by atoms with van der Waals surface area (Å²) in [6, 6.07) is 0. The van der Waals surface area contributed by atoms with E-state index in [1.807, 2.05) is 0 Å². The lowest BCUT2D eigenvalue weighted by atomic mass is 10.2. The van der Waals surface area contributed by atoms with Crippen LogP contribution in [-0.4, -0.2) is 14.6 Å². The molecule has 1 N–H and O–H groups in total. The molecule has 8 heavy (non-hydrogen) atoms. The first-order valence-corrected chi connectivity index (χ1v) is 4.87. The predicted octanol–water partition coefficient (Wildman–Crippen LogP) is 1.06. The van der Waals surface area contributed by atoms with Gasteiger partial charge in [0.1, 0.15) is 0 Å². The van der Waals surface area contributed by atoms with E-state index in [0.717, 1.165) is 0 Å². The van der Waals surface area contributed by atoms with Crippen LogP contribution in [0.4, 0.5) is 0 Å². The lowest BCUT2D eigenvalue weighted by molar-refractivity contribution is 0.563. The molecule has 0 aromatic carbocycles. The van der Waals surface area contributed by atoms with E-state index in [0.29, 0.717) is 5.54 Å². The molecule has 0 aliphatic heterocycles. The van der Waals surface area contributed by atoms with Gasteiger partial charge in [-0.2, -0.15) is 0 Å². The van der Waals surface area contributed by atoms with Gasteiger partial charge in [-0.15, -0.1) is 0 Å². The molecular weight excluding hydrogens is 116 g/mol. The van der Waals surface area contributed by atoms with E-state index in [9.17, 15) is 0 Å². The lowest BCUT2D eigenvalue weighted by Gasteiger charge is -2.02. The maximum absolute atomic E-state index is 8.70. The Hall–Kier alpha value is 0.177. The minimum atomic E-state index is -0.682. The normalized spacial score (nSPS) is 15.4. The molecule has 0 rings (SSSR count). The van der Waals surface area contributed by atoms with Gasteiger partial charge < -0.3 is 4.80 Å². The fourth-order valence-corrected chi connectivity index (χ4v) is 1.12. The zero-order valence-electron chi connectivity index (χ0n) is 5.85. The first kappa shape index (κ1) is 8.18. The third-order valence-corrected chi connectivity index (χ3v) is 2.39. The molecule has 0 fully saturated rings. The van der Waals surface area contributed by atoms with Crippen LogP contribution in [0.3, 0.4) is 0 Å². The van der Waals surface area contributed by atoms with Crippen molar-refractivity contribution in [2.24, 2.45) is 0 Å². The van der Waals surface area contributed by atoms with Crippen LogP contribution in [0, 0.1) is 0 Å². The highest BCUT2D eigenvalue weighted by molar-refractivity contribution is 6.27. The Kier molecular flexibility index (Phi) is 5.43. The first-order chi connectivity index (χ1) is 3.81. The molecule has 1 nitrogen and oxygen atoms in total. The smallest absolute Gasteiger partial charge is 0.159 e. The molecule has 2 heteroatoms. The van der Waals surface area contributed by atoms with E-state index >= 15 is 0 Å². The zero-order chi connectivity index (χ0) is 6.41. The van der Waals surface area contributed by atoms with Crippen LogP contribution >= 0.6 is 0 Å². The topological polar surface area (TPSA) is 20.2 Å². The zero-order valence-corrected chi connectivity index (χ0v) is 7.27. The highest BCUT2D eigenvalue weighted by atomic mass is 28.2. The van der Waals surface area contributed by atoms with E-state index in [1.54, 1.807) is 0 Å². The lowest BCUT2D eigenvalue weighted by Crippen LogP contribution is -1.96. The SMILES string of the molecule is CCCCC(C)[SiH2]O. The standard InChI is InChI=1S/C6H16OSi/c1-3-4-5-6(2)8-7/h6-7H,3-5,8H2,1-2H3. The van der Waals surface area contributed by atoms with Crippen molar-refractivity contribution >= 4 is 9.76 Å². The molecule has 0 radical (unpaired) electrons. The summed E-state index contributed by atoms with van der Waals surface area (Å²) >= 11 is 0. The molecule has 0 amide bonds. The first-order valence-electron chi connectivity index (χ1n) is 3.42. The monoisotopic (exact) mass is 132 g/mol. The summed E-state index contributed by atoms with van der Waals surface area (Å²) in [5, 5.41) is 0. The van der Waals surface area contributed by atoms with E-state index in [-0.39, 0.29) is 0 Å². The van der Waals surface area contributed by atoms with Crippen molar-refractivity contribution in [1.82, 2.24) is 0 Å². The Labute approximate surface area is 54.1 Å². The summed E-state index contributed by atoms with van der Waals surface area (Å²) in [6.45, 7) is 4.33. The Bertz CT molecular complexity index is 47.8. The second-order valence-electron chi connectivity index (χ2n) is 2.43. The molecule has 0 aliphatic rings. The Morgan fingerprint density at radius 2 is 2.25 bits per heavy atom. The third-order valence-electron chi connectivity index (χ3n) is 1.36. The molecule has 0 bridgehead atoms. The fourth-order valence-electron chi connectivity index (χ4n) is 0.644. The summed E-state index contributed by atoms with van der Waals surface area (Å²) in [5.41, 5.74) is 0.648. The van der Waals surface area contributed by atoms with Crippen molar-refractivity contribution in [2.45, 2.75) is 38.7 Å². The van der Waals surface area contributed by atoms with Crippen molar-refractivity contribution in [2.75, 3.05) is 0 Å². The van der Waals surface area contributed by atoms with Gasteiger partial charge in [-0.05, 0) is 5.54 Å². The average molecular weight is 132 g/mol. The minimum absolute atomic E-state index is 0.648. The van der Waals surface area contributed by atoms with Gasteiger partial charge in [-0.25, -0.2) is 0 Å². The fraction of sp³-hybridized carbons (Fsp3) is 1.00. The van der Waals surface area contributed by atoms with Gasteiger partial charge in [0.15, 0.2) is 9.76 Å². The van der Waals surface area contributed by atoms with Crippen LogP contribution in [0.25, 0.3) is 0 Å². The molecule has 0 heterocycles. The second kappa shape index (κ2) is 5.32. The maximum Gasteiger partial charge on any atom is 0.159 e. The summed E-state index contributed by atoms with van der Waals surface area (Å²) in [5.74, 6) is 0. The molecule has 50 valence electrons. The van der Waals surface area contributed by atoms with Gasteiger partial charge in [0.05, 0.1) is 0 Å². The van der Waals surface area contributed by atoms with Crippen molar-refractivity contribution in [3.63, 3.8) is 0 Å². The molecule has 0 aromatic rings. The van der Waals surface area contributed by atoms with Gasteiger partial charge >= 0.3 is 0 Å². The molecule has 0 aromatic heterocycles. The predicted molar refractivity (Wildman–Crippen MR) is 39.7 cm³/mol. The third kappa shape index (κ3) is 4.34. The molecule has 0 saturated carbocycles. The van der Waals surface area contributed by atoms with Crippen LogP contribution in [-0.2, 0) is 0 Å². The summed E-state index contributed by atoms with van der Waals surface area (Å²) in [7, 11) is -0.682. The molecule has 0 spiro atoms. The summed E-state index contributed by atoms with van der Waals surface area (Å²) < 4.78 is 0. The molecule has 0 aliphatic carbocycles. The highest BCUT2D eigenvalue weighted by Crippen LogP contribution is 2.09. The van der Waals surface area contributed by atoms with Crippen molar-refractivity contribution in [3.8, 4) is 0 Å². The van der Waals surface area contributed by atoms with Crippen LogP contribution in [0.2, 0.25) is 5.54 Å². The molecule has 1 unspecified atom stereocenters. The number of hydrogen-bond donors (Lipinski definition) is 1. The Morgan fingerprint density at radius 3 is 2.62 bits per heavy atom. The van der Waals surface area contributed by atoms with Gasteiger partial charge in [-0.3, -0.25) is 0 Å². The van der Waals surface area contributed by atoms with Crippen molar-refractivity contribution in [3.05, 3.63) is 0 Å². The van der Waals surface area contributed by atoms with Crippen molar-refractivity contribution in [1.29, 1.82) is 0 Å². The van der Waals surface area contributed by atoms with Crippen LogP contribution in [0.5, 0.6) is 0 Å². The van der Waals surface area contributed by atoms with E-state index in [1.165, 1.54) is 19.3 Å². The largest absolute Gasteiger partial charge is 0.438 e. The minimum Gasteiger partial charge on any atom is -0.438 e. The van der Waals surface area contributed by atoms with Gasteiger partial charge in [0.25, 0.3) is 0 Å². The molecular formula is C6H16OSi. The van der Waals surface area contributed by atoms with Gasteiger partial charge in [0.2, 0.25) is 0 Å². The number of hydrogen-bond acceptors (Lipinski definition) is 1. The van der Waals surface area contributed by atoms with Crippen molar-refractivity contribution < 1.29 is 4.80 Å². The van der Waals surface area contributed by atoms with Crippen LogP contribution < -0.4 is 0 Å². The Balaban J connectivity index is 2.86. The van der Waals surface area contributed by atoms with E-state index in [4.69, 9.17) is 4.80 Å². The van der Waals surface area contributed by atoms with E-state index in [2.05, 4.69) is 13.8 Å². The Morgan fingerprint density at radius 1 is 1.62 bits per heavy atom. The summed E-state index contributed by atoms with van der Waals surface area (Å²) in [6.07, 6.45) is 3.78. The van der Waals surface area contributed by atoms with E-state index < -0.39 is 9.76 Å². The average Bonchev–Trinajstić information content (AvgIpc) is 1.83. The van der Waals surface area contributed by atoms with Crippen LogP contribution in [0.1, 0.15) is 33.1 Å². The highest BCUT2D eigenvalue weighted by Gasteiger charge is 1.97. The molecule has 0 saturated heterocycles. The summed E-state index contributed by atoms with van der Waals surface area (Å²) in [4.78, 5) is 8.70. The quantitative estimate of drug-likeness (QED) is 0.567. The number of unbranched alkanes of at least 4 members (excludes halogenated alkanes) is 1. The molecule has 1 atom stereocenters. The van der Waals surface area contributed by atoms with Crippen LogP contribution in [0.15, 0.2) is 0 Å². The second-order valence-corrected chi connectivity index (χ2v) is 4.19. The van der Waals surface area contributed by atoms with Gasteiger partial charge in [-0.1, -0.05) is 33.1 Å². The number of rotatable bonds is 4. The maximum atomic E-state index is 8.70.